The Balaban J connectivity index is 1.63. The first kappa shape index (κ1) is 18.6. The lowest BCUT2D eigenvalue weighted by atomic mass is 9.68. The maximum atomic E-state index is 12.2. The predicted molar refractivity (Wildman–Crippen MR) is 107 cm³/mol. The molecule has 2 aromatic rings. The summed E-state index contributed by atoms with van der Waals surface area (Å²) >= 11 is 0. The fourth-order valence-electron chi connectivity index (χ4n) is 4.70. The number of pyridine rings is 1. The molecule has 4 unspecified atom stereocenters. The normalized spacial score (nSPS) is 26.8. The minimum absolute atomic E-state index is 0.0316. The molecule has 2 heterocycles. The van der Waals surface area contributed by atoms with E-state index in [-0.39, 0.29) is 23.8 Å². The van der Waals surface area contributed by atoms with Gasteiger partial charge in [-0.25, -0.2) is 5.43 Å². The Morgan fingerprint density at radius 1 is 1.29 bits per heavy atom. The summed E-state index contributed by atoms with van der Waals surface area (Å²) < 4.78 is 0. The van der Waals surface area contributed by atoms with Gasteiger partial charge in [0.1, 0.15) is 0 Å². The number of hydrogen-bond donors (Lipinski definition) is 3. The molecule has 6 heteroatoms. The van der Waals surface area contributed by atoms with Crippen LogP contribution in [0.1, 0.15) is 41.9 Å². The van der Waals surface area contributed by atoms with Crippen LogP contribution in [0.5, 0.6) is 0 Å². The number of nitrogens with two attached hydrogens (primary N) is 1. The van der Waals surface area contributed by atoms with Crippen molar-refractivity contribution in [1.29, 1.82) is 5.26 Å². The number of amides is 1. The fraction of sp³-hybridized carbons (Fsp3) is 0.409. The molecule has 144 valence electrons. The van der Waals surface area contributed by atoms with Crippen molar-refractivity contribution in [3.8, 4) is 17.2 Å². The highest BCUT2D eigenvalue weighted by atomic mass is 16.2. The van der Waals surface area contributed by atoms with Crippen molar-refractivity contribution in [3.63, 3.8) is 0 Å². The second-order valence-electron chi connectivity index (χ2n) is 7.92. The summed E-state index contributed by atoms with van der Waals surface area (Å²) in [5.74, 6) is 0.684. The molecule has 1 aliphatic carbocycles. The molecule has 6 nitrogen and oxygen atoms in total. The molecule has 1 aromatic carbocycles. The predicted octanol–water partition coefficient (Wildman–Crippen LogP) is 2.39. The summed E-state index contributed by atoms with van der Waals surface area (Å²) in [4.78, 5) is 16.7. The Morgan fingerprint density at radius 3 is 2.93 bits per heavy atom. The molecule has 2 fully saturated rings. The van der Waals surface area contributed by atoms with Crippen LogP contribution in [0.25, 0.3) is 11.1 Å². The van der Waals surface area contributed by atoms with Gasteiger partial charge in [0.25, 0.3) is 0 Å². The van der Waals surface area contributed by atoms with Gasteiger partial charge < -0.3 is 5.73 Å². The van der Waals surface area contributed by atoms with Gasteiger partial charge in [0.15, 0.2) is 0 Å². The lowest BCUT2D eigenvalue weighted by Crippen LogP contribution is -2.62. The van der Waals surface area contributed by atoms with E-state index in [9.17, 15) is 10.1 Å². The van der Waals surface area contributed by atoms with Gasteiger partial charge in [0.2, 0.25) is 5.91 Å². The molecular formula is C22H25N5O. The van der Waals surface area contributed by atoms with E-state index in [4.69, 9.17) is 5.73 Å². The molecule has 28 heavy (non-hydrogen) atoms. The van der Waals surface area contributed by atoms with Crippen molar-refractivity contribution in [2.75, 3.05) is 6.54 Å². The summed E-state index contributed by atoms with van der Waals surface area (Å²) in [7, 11) is 0. The van der Waals surface area contributed by atoms with Gasteiger partial charge in [0, 0.05) is 42.0 Å². The Bertz CT molecular complexity index is 935. The molecular weight excluding hydrogens is 350 g/mol. The molecule has 1 amide bonds. The van der Waals surface area contributed by atoms with Crippen molar-refractivity contribution >= 4 is 5.91 Å². The number of rotatable bonds is 3. The monoisotopic (exact) mass is 375 g/mol. The smallest absolute Gasteiger partial charge is 0.237 e. The van der Waals surface area contributed by atoms with Gasteiger partial charge in [-0.05, 0) is 55.7 Å². The summed E-state index contributed by atoms with van der Waals surface area (Å²) in [6.07, 6.45) is 6.47. The van der Waals surface area contributed by atoms with E-state index < -0.39 is 0 Å². The van der Waals surface area contributed by atoms with Crippen LogP contribution in [-0.2, 0) is 4.79 Å². The van der Waals surface area contributed by atoms with E-state index in [1.165, 1.54) is 5.56 Å². The highest BCUT2D eigenvalue weighted by molar-refractivity contribution is 5.79. The summed E-state index contributed by atoms with van der Waals surface area (Å²) in [6, 6.07) is 10.4. The van der Waals surface area contributed by atoms with Crippen LogP contribution in [0.2, 0.25) is 0 Å². The Morgan fingerprint density at radius 2 is 2.14 bits per heavy atom. The number of fused-ring (bicyclic) bond motifs is 1. The van der Waals surface area contributed by atoms with E-state index >= 15 is 0 Å². The van der Waals surface area contributed by atoms with Crippen LogP contribution in [0, 0.1) is 30.1 Å². The summed E-state index contributed by atoms with van der Waals surface area (Å²) in [6.45, 7) is 2.53. The number of nitriles is 1. The van der Waals surface area contributed by atoms with Crippen molar-refractivity contribution < 1.29 is 4.79 Å². The van der Waals surface area contributed by atoms with Gasteiger partial charge in [-0.2, -0.15) is 5.26 Å². The summed E-state index contributed by atoms with van der Waals surface area (Å²) in [5.41, 5.74) is 16.6. The number of carbonyl (C=O) groups is 1. The molecule has 1 aliphatic heterocycles. The third-order valence-electron chi connectivity index (χ3n) is 6.23. The lowest BCUT2D eigenvalue weighted by molar-refractivity contribution is -0.133. The van der Waals surface area contributed by atoms with Crippen molar-refractivity contribution in [1.82, 2.24) is 15.8 Å². The van der Waals surface area contributed by atoms with Crippen LogP contribution in [-0.4, -0.2) is 23.5 Å². The van der Waals surface area contributed by atoms with Crippen molar-refractivity contribution in [3.05, 3.63) is 53.3 Å². The molecule has 1 aromatic heterocycles. The van der Waals surface area contributed by atoms with Gasteiger partial charge >= 0.3 is 0 Å². The number of nitrogens with zero attached hydrogens (tertiary/aromatic N) is 2. The maximum absolute atomic E-state index is 12.2. The molecule has 0 radical (unpaired) electrons. The molecule has 4 rings (SSSR count). The fourth-order valence-corrected chi connectivity index (χ4v) is 4.70. The minimum Gasteiger partial charge on any atom is -0.329 e. The Hall–Kier alpha value is -2.75. The van der Waals surface area contributed by atoms with Crippen molar-refractivity contribution in [2.45, 2.75) is 38.1 Å². The van der Waals surface area contributed by atoms with Crippen LogP contribution in [0.3, 0.4) is 0 Å². The van der Waals surface area contributed by atoms with E-state index in [0.717, 1.165) is 36.0 Å². The quantitative estimate of drug-likeness (QED) is 0.764. The second kappa shape index (κ2) is 7.70. The Kier molecular flexibility index (Phi) is 5.12. The molecule has 4 N–H and O–H groups in total. The minimum atomic E-state index is 0.0316. The van der Waals surface area contributed by atoms with Crippen LogP contribution in [0.15, 0.2) is 36.7 Å². The van der Waals surface area contributed by atoms with E-state index in [1.807, 2.05) is 37.5 Å². The van der Waals surface area contributed by atoms with Crippen LogP contribution < -0.4 is 16.6 Å². The first-order valence-corrected chi connectivity index (χ1v) is 9.82. The number of hydrogen-bond acceptors (Lipinski definition) is 5. The number of aromatic nitrogens is 1. The van der Waals surface area contributed by atoms with Gasteiger partial charge in [-0.15, -0.1) is 0 Å². The number of hydrazine groups is 1. The average molecular weight is 375 g/mol. The standard InChI is InChI=1S/C22H25N5O/c1-13-2-3-15(9-23)19(6-13)17-7-16(11-25-12-17)14-4-5-18-20(8-14)21(10-24)26-27-22(18)28/h2-3,6-7,11-12,14,18,20-21,26H,4-5,8,10,24H2,1H3,(H,27,28). The zero-order valence-corrected chi connectivity index (χ0v) is 16.0. The Labute approximate surface area is 165 Å². The lowest BCUT2D eigenvalue weighted by Gasteiger charge is -2.43. The third kappa shape index (κ3) is 3.39. The van der Waals surface area contributed by atoms with Crippen LogP contribution in [0.4, 0.5) is 0 Å². The zero-order chi connectivity index (χ0) is 19.7. The largest absolute Gasteiger partial charge is 0.329 e. The molecule has 0 spiro atoms. The average Bonchev–Trinajstić information content (AvgIpc) is 2.74. The molecule has 1 saturated heterocycles. The first-order valence-electron chi connectivity index (χ1n) is 9.82. The van der Waals surface area contributed by atoms with Crippen molar-refractivity contribution in [2.24, 2.45) is 17.6 Å². The number of carbonyl (C=O) groups excluding carboxylic acids is 1. The first-order chi connectivity index (χ1) is 13.6. The third-order valence-corrected chi connectivity index (χ3v) is 6.23. The second-order valence-corrected chi connectivity index (χ2v) is 7.92. The number of nitrogens with one attached hydrogen (secondary N) is 2. The molecule has 2 aliphatic rings. The van der Waals surface area contributed by atoms with E-state index in [1.54, 1.807) is 0 Å². The topological polar surface area (TPSA) is 104 Å². The highest BCUT2D eigenvalue weighted by Crippen LogP contribution is 2.42. The highest BCUT2D eigenvalue weighted by Gasteiger charge is 2.42. The SMILES string of the molecule is Cc1ccc(C#N)c(-c2cncc(C3CCC4C(=O)NNC(CN)C4C3)c2)c1. The molecule has 4 atom stereocenters. The number of aryl methyl sites for hydroxylation is 1. The van der Waals surface area contributed by atoms with E-state index in [2.05, 4.69) is 28.0 Å². The van der Waals surface area contributed by atoms with Gasteiger partial charge in [0.05, 0.1) is 11.6 Å². The molecule has 1 saturated carbocycles. The number of benzene rings is 1. The van der Waals surface area contributed by atoms with Gasteiger partial charge in [-0.1, -0.05) is 17.7 Å². The zero-order valence-electron chi connectivity index (χ0n) is 16.0. The summed E-state index contributed by atoms with van der Waals surface area (Å²) in [5, 5.41) is 9.47. The van der Waals surface area contributed by atoms with Gasteiger partial charge in [-0.3, -0.25) is 15.2 Å². The van der Waals surface area contributed by atoms with E-state index in [0.29, 0.717) is 18.0 Å². The molecule has 0 bridgehead atoms. The maximum Gasteiger partial charge on any atom is 0.237 e. The van der Waals surface area contributed by atoms with Crippen LogP contribution >= 0.6 is 0 Å².